The molecule has 0 radical (unpaired) electrons. The quantitative estimate of drug-likeness (QED) is 0.419. The van der Waals surface area contributed by atoms with Crippen molar-refractivity contribution in [3.63, 3.8) is 0 Å². The van der Waals surface area contributed by atoms with Crippen LogP contribution in [0.25, 0.3) is 5.65 Å². The van der Waals surface area contributed by atoms with Crippen LogP contribution in [0.15, 0.2) is 30.6 Å². The van der Waals surface area contributed by atoms with Crippen LogP contribution in [0.3, 0.4) is 0 Å². The van der Waals surface area contributed by atoms with Crippen molar-refractivity contribution in [2.24, 2.45) is 0 Å². The number of aromatic nitrogens is 2. The summed E-state index contributed by atoms with van der Waals surface area (Å²) in [6, 6.07) is 5.26. The average molecular weight is 168 g/mol. The first-order valence-electron chi connectivity index (χ1n) is 3.42. The van der Waals surface area contributed by atoms with Crippen LogP contribution in [0.4, 0.5) is 0 Å². The Bertz CT molecular complexity index is 438. The second-order valence-electron chi connectivity index (χ2n) is 2.36. The molecule has 0 aromatic carbocycles. The number of rotatable bonds is 1. The van der Waals surface area contributed by atoms with E-state index in [4.69, 9.17) is 0 Å². The van der Waals surface area contributed by atoms with Crippen LogP contribution in [0.2, 0.25) is 0 Å². The monoisotopic (exact) mass is 168 g/mol. The number of hydrogen-bond acceptors (Lipinski definition) is 3. The van der Waals surface area contributed by atoms with Crippen molar-refractivity contribution in [1.82, 2.24) is 9.38 Å². The summed E-state index contributed by atoms with van der Waals surface area (Å²) in [6.45, 7) is 0. The van der Waals surface area contributed by atoms with Crippen LogP contribution in [0.5, 0.6) is 0 Å². The molecule has 2 aromatic heterocycles. The van der Waals surface area contributed by atoms with Crippen molar-refractivity contribution >= 4 is 11.6 Å². The molecule has 2 aromatic rings. The van der Waals surface area contributed by atoms with Gasteiger partial charge in [0.1, 0.15) is 5.65 Å². The zero-order valence-electron chi connectivity index (χ0n) is 7.10. The van der Waals surface area contributed by atoms with Crippen LogP contribution in [0.1, 0.15) is 10.5 Å². The Balaban J connectivity index is 0.000000845. The molecule has 13 heavy (non-hydrogen) atoms. The third-order valence-electron chi connectivity index (χ3n) is 1.63. The van der Waals surface area contributed by atoms with Gasteiger partial charge in [-0.1, -0.05) is 6.07 Å². The van der Waals surface area contributed by atoms with Gasteiger partial charge in [-0.05, 0) is 12.1 Å². The number of hydrogen-bond donors (Lipinski definition) is 0. The molecule has 0 unspecified atom stereocenters. The number of aromatic carboxylic acids is 1. The van der Waals surface area contributed by atoms with Gasteiger partial charge in [-0.25, -0.2) is 4.98 Å². The van der Waals surface area contributed by atoms with Gasteiger partial charge in [-0.2, -0.15) is 0 Å². The minimum Gasteiger partial charge on any atom is -0.543 e. The first kappa shape index (κ1) is 9.84. The van der Waals surface area contributed by atoms with Gasteiger partial charge in [0, 0.05) is 6.20 Å². The predicted octanol–water partition coefficient (Wildman–Crippen LogP) is -3.30. The van der Waals surface area contributed by atoms with Crippen molar-refractivity contribution in [1.29, 1.82) is 0 Å². The third-order valence-corrected chi connectivity index (χ3v) is 1.63. The van der Waals surface area contributed by atoms with E-state index < -0.39 is 5.97 Å². The molecule has 4 nitrogen and oxygen atoms in total. The van der Waals surface area contributed by atoms with E-state index in [2.05, 4.69) is 4.98 Å². The molecule has 0 N–H and O–H groups in total. The predicted molar refractivity (Wildman–Crippen MR) is 39.5 cm³/mol. The summed E-state index contributed by atoms with van der Waals surface area (Å²) in [5, 5.41) is 10.5. The van der Waals surface area contributed by atoms with E-state index in [0.717, 1.165) is 0 Å². The molecule has 0 bridgehead atoms. The summed E-state index contributed by atoms with van der Waals surface area (Å²) in [5.74, 6) is -1.21. The van der Waals surface area contributed by atoms with Gasteiger partial charge in [-0.3, -0.25) is 4.40 Å². The number of carboxylic acids is 1. The van der Waals surface area contributed by atoms with Gasteiger partial charge in [-0.15, -0.1) is 0 Å². The third kappa shape index (κ3) is 1.59. The molecule has 2 rings (SSSR count). The Morgan fingerprint density at radius 3 is 2.92 bits per heavy atom. The summed E-state index contributed by atoms with van der Waals surface area (Å²) >= 11 is 0. The SMILES string of the molecule is O=C([O-])c1cnc2ccccn12.[Li+]. The fraction of sp³-hybridized carbons (Fsp3) is 0. The molecule has 0 aliphatic carbocycles. The minimum absolute atomic E-state index is 0. The largest absolute Gasteiger partial charge is 1.00 e. The van der Waals surface area contributed by atoms with Crippen molar-refractivity contribution in [3.8, 4) is 0 Å². The Hall–Kier alpha value is -1.24. The topological polar surface area (TPSA) is 57.4 Å². The first-order valence-corrected chi connectivity index (χ1v) is 3.42. The Morgan fingerprint density at radius 1 is 1.46 bits per heavy atom. The Labute approximate surface area is 86.4 Å². The van der Waals surface area contributed by atoms with Crippen LogP contribution in [-0.4, -0.2) is 15.4 Å². The summed E-state index contributed by atoms with van der Waals surface area (Å²) in [5.41, 5.74) is 0.683. The number of carbonyl (C=O) groups is 1. The molecule has 0 spiro atoms. The van der Waals surface area contributed by atoms with Crippen LogP contribution in [-0.2, 0) is 0 Å². The van der Waals surface area contributed by atoms with E-state index in [1.807, 2.05) is 0 Å². The van der Waals surface area contributed by atoms with E-state index in [9.17, 15) is 9.90 Å². The molecule has 5 heteroatoms. The molecule has 60 valence electrons. The number of carbonyl (C=O) groups excluding carboxylic acids is 1. The fourth-order valence-electron chi connectivity index (χ4n) is 1.08. The van der Waals surface area contributed by atoms with Crippen LogP contribution >= 0.6 is 0 Å². The maximum absolute atomic E-state index is 10.5. The van der Waals surface area contributed by atoms with Crippen LogP contribution < -0.4 is 24.0 Å². The molecular weight excluding hydrogens is 163 g/mol. The summed E-state index contributed by atoms with van der Waals surface area (Å²) in [6.07, 6.45) is 2.91. The molecule has 0 aliphatic heterocycles. The van der Waals surface area contributed by atoms with E-state index in [-0.39, 0.29) is 24.6 Å². The van der Waals surface area contributed by atoms with Gasteiger partial charge in [0.2, 0.25) is 0 Å². The van der Waals surface area contributed by atoms with Gasteiger partial charge < -0.3 is 9.90 Å². The Morgan fingerprint density at radius 2 is 2.23 bits per heavy atom. The van der Waals surface area contributed by atoms with E-state index in [1.54, 1.807) is 24.4 Å². The van der Waals surface area contributed by atoms with Crippen LogP contribution in [0, 0.1) is 0 Å². The first-order chi connectivity index (χ1) is 5.79. The second-order valence-corrected chi connectivity index (χ2v) is 2.36. The number of nitrogens with zero attached hydrogens (tertiary/aromatic N) is 2. The van der Waals surface area contributed by atoms with E-state index in [0.29, 0.717) is 5.65 Å². The number of fused-ring (bicyclic) bond motifs is 1. The molecule has 2 heterocycles. The fourth-order valence-corrected chi connectivity index (χ4v) is 1.08. The molecule has 0 fully saturated rings. The van der Waals surface area contributed by atoms with E-state index in [1.165, 1.54) is 10.6 Å². The second kappa shape index (κ2) is 3.65. The average Bonchev–Trinajstić information content (AvgIpc) is 2.47. The smallest absolute Gasteiger partial charge is 0.543 e. The summed E-state index contributed by atoms with van der Waals surface area (Å²) < 4.78 is 1.47. The molecule has 0 amide bonds. The molecule has 0 saturated heterocycles. The van der Waals surface area contributed by atoms with Gasteiger partial charge in [0.15, 0.2) is 0 Å². The van der Waals surface area contributed by atoms with Gasteiger partial charge in [0.05, 0.1) is 17.9 Å². The van der Waals surface area contributed by atoms with Gasteiger partial charge >= 0.3 is 18.9 Å². The summed E-state index contributed by atoms with van der Waals surface area (Å²) in [7, 11) is 0. The maximum atomic E-state index is 10.5. The molecule has 0 atom stereocenters. The number of carboxylic acid groups (broad SMARTS) is 1. The molecular formula is C8H5LiN2O2. The zero-order valence-corrected chi connectivity index (χ0v) is 7.10. The Kier molecular flexibility index (Phi) is 2.76. The number of pyridine rings is 1. The maximum Gasteiger partial charge on any atom is 1.00 e. The number of imidazole rings is 1. The van der Waals surface area contributed by atoms with Crippen molar-refractivity contribution in [2.45, 2.75) is 0 Å². The summed E-state index contributed by atoms with van der Waals surface area (Å²) in [4.78, 5) is 14.4. The van der Waals surface area contributed by atoms with Gasteiger partial charge in [0.25, 0.3) is 0 Å². The van der Waals surface area contributed by atoms with E-state index >= 15 is 0 Å². The standard InChI is InChI=1S/C8H6N2O2.Li/c11-8(12)6-5-9-7-3-1-2-4-10(6)7;/h1-5H,(H,11,12);/q;+1/p-1. The van der Waals surface area contributed by atoms with Crippen molar-refractivity contribution in [3.05, 3.63) is 36.3 Å². The normalized spacial score (nSPS) is 9.54. The minimum atomic E-state index is -1.21. The molecule has 0 aliphatic rings. The van der Waals surface area contributed by atoms with Crippen molar-refractivity contribution < 1.29 is 28.8 Å². The van der Waals surface area contributed by atoms with Crippen molar-refractivity contribution in [2.75, 3.05) is 0 Å². The molecule has 0 saturated carbocycles. The zero-order chi connectivity index (χ0) is 8.55.